The molecule has 0 radical (unpaired) electrons. The first-order valence-corrected chi connectivity index (χ1v) is 6.31. The number of hydrogen-bond acceptors (Lipinski definition) is 2. The highest BCUT2D eigenvalue weighted by Crippen LogP contribution is 2.22. The summed E-state index contributed by atoms with van der Waals surface area (Å²) in [7, 11) is 0. The Balaban J connectivity index is 2.37. The van der Waals surface area contributed by atoms with Crippen molar-refractivity contribution in [2.75, 3.05) is 6.61 Å². The molecule has 1 aliphatic rings. The van der Waals surface area contributed by atoms with Crippen LogP contribution in [0.1, 0.15) is 46.5 Å². The first kappa shape index (κ1) is 13.8. The molecule has 0 heterocycles. The summed E-state index contributed by atoms with van der Waals surface area (Å²) in [6.45, 7) is 6.53. The van der Waals surface area contributed by atoms with Crippen LogP contribution in [0.25, 0.3) is 0 Å². The van der Waals surface area contributed by atoms with Gasteiger partial charge in [-0.25, -0.2) is 4.79 Å². The molecule has 0 aromatic rings. The number of hydrogen-bond donors (Lipinski definition) is 0. The zero-order valence-electron chi connectivity index (χ0n) is 11.1. The Morgan fingerprint density at radius 2 is 2.12 bits per heavy atom. The van der Waals surface area contributed by atoms with E-state index >= 15 is 0 Å². The summed E-state index contributed by atoms with van der Waals surface area (Å²) in [5, 5.41) is 0. The standard InChI is InChI=1S/C15H22O2/c1-4-17-15(16)14-10-8-13(9-11-14)7-5-6-12(2)3/h6,8,11H,4-5,7,9-10H2,1-3H3. The number of carbonyl (C=O) groups is 1. The van der Waals surface area contributed by atoms with E-state index in [1.54, 1.807) is 0 Å². The molecule has 0 aromatic heterocycles. The van der Waals surface area contributed by atoms with E-state index in [-0.39, 0.29) is 5.97 Å². The average molecular weight is 234 g/mol. The van der Waals surface area contributed by atoms with E-state index in [9.17, 15) is 4.79 Å². The maximum Gasteiger partial charge on any atom is 0.333 e. The number of allylic oxidation sites excluding steroid dienone is 5. The molecule has 17 heavy (non-hydrogen) atoms. The molecule has 1 aliphatic carbocycles. The lowest BCUT2D eigenvalue weighted by atomic mass is 9.96. The van der Waals surface area contributed by atoms with Crippen molar-refractivity contribution in [3.63, 3.8) is 0 Å². The van der Waals surface area contributed by atoms with Crippen LogP contribution in [0.4, 0.5) is 0 Å². The Bertz CT molecular complexity index is 355. The van der Waals surface area contributed by atoms with Gasteiger partial charge in [-0.1, -0.05) is 29.4 Å². The third-order valence-corrected chi connectivity index (χ3v) is 2.78. The van der Waals surface area contributed by atoms with Gasteiger partial charge in [0.2, 0.25) is 0 Å². The van der Waals surface area contributed by atoms with Gasteiger partial charge in [0.05, 0.1) is 6.61 Å². The second-order valence-electron chi connectivity index (χ2n) is 4.54. The van der Waals surface area contributed by atoms with Crippen molar-refractivity contribution < 1.29 is 9.53 Å². The van der Waals surface area contributed by atoms with E-state index < -0.39 is 0 Å². The highest BCUT2D eigenvalue weighted by Gasteiger charge is 2.12. The van der Waals surface area contributed by atoms with Gasteiger partial charge in [-0.2, -0.15) is 0 Å². The normalized spacial score (nSPS) is 14.8. The number of ether oxygens (including phenoxy) is 1. The maximum absolute atomic E-state index is 11.5. The summed E-state index contributed by atoms with van der Waals surface area (Å²) in [5.41, 5.74) is 3.59. The quantitative estimate of drug-likeness (QED) is 0.532. The first-order chi connectivity index (χ1) is 8.13. The molecule has 94 valence electrons. The Labute approximate surface area is 104 Å². The van der Waals surface area contributed by atoms with Gasteiger partial charge >= 0.3 is 5.97 Å². The van der Waals surface area contributed by atoms with Crippen LogP contribution in [0, 0.1) is 0 Å². The van der Waals surface area contributed by atoms with Crippen LogP contribution in [0.2, 0.25) is 0 Å². The molecule has 0 unspecified atom stereocenters. The highest BCUT2D eigenvalue weighted by molar-refractivity contribution is 5.89. The van der Waals surface area contributed by atoms with Gasteiger partial charge in [-0.15, -0.1) is 0 Å². The molecule has 0 saturated heterocycles. The number of rotatable bonds is 5. The molecule has 0 amide bonds. The zero-order chi connectivity index (χ0) is 12.7. The molecule has 0 aromatic carbocycles. The Morgan fingerprint density at radius 3 is 2.65 bits per heavy atom. The summed E-state index contributed by atoms with van der Waals surface area (Å²) in [6, 6.07) is 0. The summed E-state index contributed by atoms with van der Waals surface area (Å²) in [4.78, 5) is 11.5. The van der Waals surface area contributed by atoms with E-state index in [0.29, 0.717) is 6.61 Å². The van der Waals surface area contributed by atoms with Crippen LogP contribution in [0.5, 0.6) is 0 Å². The third kappa shape index (κ3) is 5.03. The van der Waals surface area contributed by atoms with Crippen LogP contribution in [0.3, 0.4) is 0 Å². The van der Waals surface area contributed by atoms with E-state index in [2.05, 4.69) is 26.0 Å². The van der Waals surface area contributed by atoms with Crippen molar-refractivity contribution in [2.45, 2.75) is 46.5 Å². The lowest BCUT2D eigenvalue weighted by Crippen LogP contribution is -2.09. The monoisotopic (exact) mass is 234 g/mol. The molecular weight excluding hydrogens is 212 g/mol. The molecule has 2 nitrogen and oxygen atoms in total. The molecule has 0 bridgehead atoms. The average Bonchev–Trinajstić information content (AvgIpc) is 2.30. The third-order valence-electron chi connectivity index (χ3n) is 2.78. The lowest BCUT2D eigenvalue weighted by molar-refractivity contribution is -0.138. The molecule has 0 aliphatic heterocycles. The second kappa shape index (κ2) is 7.10. The minimum Gasteiger partial charge on any atom is -0.463 e. The summed E-state index contributed by atoms with van der Waals surface area (Å²) in [5.74, 6) is -0.160. The van der Waals surface area contributed by atoms with E-state index in [1.165, 1.54) is 11.1 Å². The minimum absolute atomic E-state index is 0.160. The Hall–Kier alpha value is -1.31. The van der Waals surface area contributed by atoms with Crippen molar-refractivity contribution in [3.8, 4) is 0 Å². The minimum atomic E-state index is -0.160. The van der Waals surface area contributed by atoms with Gasteiger partial charge in [0.15, 0.2) is 0 Å². The first-order valence-electron chi connectivity index (χ1n) is 6.31. The number of esters is 1. The Morgan fingerprint density at radius 1 is 1.35 bits per heavy atom. The van der Waals surface area contributed by atoms with E-state index in [0.717, 1.165) is 31.3 Å². The summed E-state index contributed by atoms with van der Waals surface area (Å²) < 4.78 is 4.98. The maximum atomic E-state index is 11.5. The predicted octanol–water partition coefficient (Wildman–Crippen LogP) is 3.94. The van der Waals surface area contributed by atoms with Gasteiger partial charge in [-0.3, -0.25) is 0 Å². The molecule has 0 N–H and O–H groups in total. The van der Waals surface area contributed by atoms with Gasteiger partial charge < -0.3 is 4.74 Å². The van der Waals surface area contributed by atoms with Crippen molar-refractivity contribution >= 4 is 5.97 Å². The fraction of sp³-hybridized carbons (Fsp3) is 0.533. The van der Waals surface area contributed by atoms with Gasteiger partial charge in [0, 0.05) is 5.57 Å². The Kier molecular flexibility index (Phi) is 5.75. The molecule has 0 saturated carbocycles. The molecular formula is C15H22O2. The molecule has 0 atom stereocenters. The van der Waals surface area contributed by atoms with Crippen LogP contribution in [-0.2, 0) is 9.53 Å². The summed E-state index contributed by atoms with van der Waals surface area (Å²) >= 11 is 0. The number of carbonyl (C=O) groups excluding carboxylic acids is 1. The zero-order valence-corrected chi connectivity index (χ0v) is 11.1. The van der Waals surface area contributed by atoms with Crippen molar-refractivity contribution in [1.82, 2.24) is 0 Å². The van der Waals surface area contributed by atoms with Crippen molar-refractivity contribution in [3.05, 3.63) is 34.9 Å². The van der Waals surface area contributed by atoms with Gasteiger partial charge in [0.25, 0.3) is 0 Å². The van der Waals surface area contributed by atoms with Crippen LogP contribution in [-0.4, -0.2) is 12.6 Å². The molecule has 2 heteroatoms. The topological polar surface area (TPSA) is 26.3 Å². The van der Waals surface area contributed by atoms with Crippen molar-refractivity contribution in [2.24, 2.45) is 0 Å². The lowest BCUT2D eigenvalue weighted by Gasteiger charge is -2.12. The van der Waals surface area contributed by atoms with Crippen molar-refractivity contribution in [1.29, 1.82) is 0 Å². The fourth-order valence-corrected chi connectivity index (χ4v) is 1.82. The van der Waals surface area contributed by atoms with Crippen LogP contribution in [0.15, 0.2) is 34.9 Å². The van der Waals surface area contributed by atoms with E-state index in [4.69, 9.17) is 4.74 Å². The second-order valence-corrected chi connectivity index (χ2v) is 4.54. The fourth-order valence-electron chi connectivity index (χ4n) is 1.82. The molecule has 0 fully saturated rings. The molecule has 1 rings (SSSR count). The van der Waals surface area contributed by atoms with Crippen LogP contribution < -0.4 is 0 Å². The smallest absolute Gasteiger partial charge is 0.333 e. The van der Waals surface area contributed by atoms with Gasteiger partial charge in [-0.05, 0) is 46.5 Å². The largest absolute Gasteiger partial charge is 0.463 e. The van der Waals surface area contributed by atoms with Gasteiger partial charge in [0.1, 0.15) is 0 Å². The molecule has 0 spiro atoms. The van der Waals surface area contributed by atoms with Crippen LogP contribution >= 0.6 is 0 Å². The highest BCUT2D eigenvalue weighted by atomic mass is 16.5. The summed E-state index contributed by atoms with van der Waals surface area (Å²) in [6.07, 6.45) is 10.2. The predicted molar refractivity (Wildman–Crippen MR) is 70.7 cm³/mol. The van der Waals surface area contributed by atoms with E-state index in [1.807, 2.05) is 13.0 Å². The SMILES string of the molecule is CCOC(=O)C1=CCC(CCC=C(C)C)=CC1.